The standard InChI is InChI=1S/C17H36N4O/c1-15(2)7-8-16(3)20-17(18-4)19-9-5-6-10-21-11-13-22-14-12-21/h15-16H,5-14H2,1-4H3,(H2,18,19,20). The lowest BCUT2D eigenvalue weighted by molar-refractivity contribution is 0.0372. The topological polar surface area (TPSA) is 48.9 Å². The zero-order valence-electron chi connectivity index (χ0n) is 15.0. The second kappa shape index (κ2) is 11.7. The van der Waals surface area contributed by atoms with Crippen molar-refractivity contribution in [2.45, 2.75) is 52.5 Å². The molecule has 0 bridgehead atoms. The normalized spacial score (nSPS) is 18.5. The Morgan fingerprint density at radius 3 is 2.50 bits per heavy atom. The molecule has 0 saturated carbocycles. The summed E-state index contributed by atoms with van der Waals surface area (Å²) in [5, 5.41) is 6.90. The van der Waals surface area contributed by atoms with Crippen LogP contribution in [0, 0.1) is 5.92 Å². The van der Waals surface area contributed by atoms with E-state index in [1.54, 1.807) is 0 Å². The lowest BCUT2D eigenvalue weighted by Gasteiger charge is -2.26. The number of rotatable bonds is 9. The van der Waals surface area contributed by atoms with Crippen molar-refractivity contribution in [1.82, 2.24) is 15.5 Å². The molecule has 0 aliphatic carbocycles. The van der Waals surface area contributed by atoms with E-state index in [0.717, 1.165) is 44.7 Å². The molecule has 0 aromatic rings. The van der Waals surface area contributed by atoms with Crippen LogP contribution < -0.4 is 10.6 Å². The molecule has 1 atom stereocenters. The van der Waals surface area contributed by atoms with E-state index in [1.165, 1.54) is 32.2 Å². The van der Waals surface area contributed by atoms with Crippen LogP contribution in [0.15, 0.2) is 4.99 Å². The average molecular weight is 313 g/mol. The van der Waals surface area contributed by atoms with Gasteiger partial charge in [-0.3, -0.25) is 9.89 Å². The molecule has 1 fully saturated rings. The van der Waals surface area contributed by atoms with Gasteiger partial charge < -0.3 is 15.4 Å². The van der Waals surface area contributed by atoms with E-state index in [0.29, 0.717) is 6.04 Å². The number of guanidine groups is 1. The fraction of sp³-hybridized carbons (Fsp3) is 0.941. The highest BCUT2D eigenvalue weighted by Crippen LogP contribution is 2.06. The average Bonchev–Trinajstić information content (AvgIpc) is 2.52. The number of ether oxygens (including phenoxy) is 1. The molecule has 0 spiro atoms. The van der Waals surface area contributed by atoms with Crippen LogP contribution in [0.25, 0.3) is 0 Å². The molecule has 0 radical (unpaired) electrons. The van der Waals surface area contributed by atoms with E-state index in [4.69, 9.17) is 4.74 Å². The number of hydrogen-bond acceptors (Lipinski definition) is 3. The molecule has 0 amide bonds. The zero-order chi connectivity index (χ0) is 16.2. The minimum absolute atomic E-state index is 0.474. The van der Waals surface area contributed by atoms with Gasteiger partial charge in [0, 0.05) is 32.7 Å². The monoisotopic (exact) mass is 312 g/mol. The molecule has 0 aromatic carbocycles. The van der Waals surface area contributed by atoms with E-state index in [2.05, 4.69) is 41.3 Å². The van der Waals surface area contributed by atoms with E-state index < -0.39 is 0 Å². The molecular weight excluding hydrogens is 276 g/mol. The van der Waals surface area contributed by atoms with Gasteiger partial charge >= 0.3 is 0 Å². The number of unbranched alkanes of at least 4 members (excludes halogenated alkanes) is 1. The predicted molar refractivity (Wildman–Crippen MR) is 94.5 cm³/mol. The third-order valence-electron chi connectivity index (χ3n) is 4.08. The van der Waals surface area contributed by atoms with Gasteiger partial charge in [-0.1, -0.05) is 13.8 Å². The Morgan fingerprint density at radius 2 is 1.86 bits per heavy atom. The van der Waals surface area contributed by atoms with Crippen molar-refractivity contribution in [1.29, 1.82) is 0 Å². The Balaban J connectivity index is 2.05. The number of nitrogens with zero attached hydrogens (tertiary/aromatic N) is 2. The maximum Gasteiger partial charge on any atom is 0.191 e. The molecular formula is C17H36N4O. The lowest BCUT2D eigenvalue weighted by Crippen LogP contribution is -2.42. The second-order valence-electron chi connectivity index (χ2n) is 6.68. The molecule has 130 valence electrons. The molecule has 5 heteroatoms. The van der Waals surface area contributed by atoms with Crippen LogP contribution in [0.1, 0.15) is 46.5 Å². The van der Waals surface area contributed by atoms with Crippen molar-refractivity contribution in [3.05, 3.63) is 0 Å². The third-order valence-corrected chi connectivity index (χ3v) is 4.08. The Bertz CT molecular complexity index is 301. The second-order valence-corrected chi connectivity index (χ2v) is 6.68. The summed E-state index contributed by atoms with van der Waals surface area (Å²) >= 11 is 0. The fourth-order valence-corrected chi connectivity index (χ4v) is 2.58. The first-order chi connectivity index (χ1) is 10.6. The summed E-state index contributed by atoms with van der Waals surface area (Å²) in [7, 11) is 1.85. The maximum atomic E-state index is 5.37. The third kappa shape index (κ3) is 9.26. The van der Waals surface area contributed by atoms with Crippen molar-refractivity contribution < 1.29 is 4.74 Å². The van der Waals surface area contributed by atoms with Gasteiger partial charge in [-0.2, -0.15) is 0 Å². The van der Waals surface area contributed by atoms with Gasteiger partial charge in [-0.15, -0.1) is 0 Å². The highest BCUT2D eigenvalue weighted by atomic mass is 16.5. The van der Waals surface area contributed by atoms with E-state index in [-0.39, 0.29) is 0 Å². The summed E-state index contributed by atoms with van der Waals surface area (Å²) < 4.78 is 5.37. The highest BCUT2D eigenvalue weighted by molar-refractivity contribution is 5.79. The van der Waals surface area contributed by atoms with Gasteiger partial charge in [0.15, 0.2) is 5.96 Å². The molecule has 1 saturated heterocycles. The molecule has 0 aromatic heterocycles. The van der Waals surface area contributed by atoms with Gasteiger partial charge in [-0.05, 0) is 45.1 Å². The summed E-state index contributed by atoms with van der Waals surface area (Å²) in [6.07, 6.45) is 4.85. The van der Waals surface area contributed by atoms with Crippen LogP contribution in [0.3, 0.4) is 0 Å². The summed E-state index contributed by atoms with van der Waals surface area (Å²) in [5.41, 5.74) is 0. The minimum Gasteiger partial charge on any atom is -0.379 e. The van der Waals surface area contributed by atoms with Crippen molar-refractivity contribution in [3.63, 3.8) is 0 Å². The van der Waals surface area contributed by atoms with Crippen LogP contribution in [-0.2, 0) is 4.74 Å². The van der Waals surface area contributed by atoms with Crippen molar-refractivity contribution >= 4 is 5.96 Å². The van der Waals surface area contributed by atoms with Gasteiger partial charge in [0.05, 0.1) is 13.2 Å². The smallest absolute Gasteiger partial charge is 0.191 e. The molecule has 1 heterocycles. The summed E-state index contributed by atoms with van der Waals surface area (Å²) in [4.78, 5) is 6.80. The van der Waals surface area contributed by atoms with Crippen LogP contribution in [0.4, 0.5) is 0 Å². The van der Waals surface area contributed by atoms with Crippen molar-refractivity contribution in [3.8, 4) is 0 Å². The molecule has 2 N–H and O–H groups in total. The molecule has 5 nitrogen and oxygen atoms in total. The van der Waals surface area contributed by atoms with Crippen LogP contribution in [0.2, 0.25) is 0 Å². The number of aliphatic imine (C=N–C) groups is 1. The minimum atomic E-state index is 0.474. The Morgan fingerprint density at radius 1 is 1.14 bits per heavy atom. The SMILES string of the molecule is CN=C(NCCCCN1CCOCC1)NC(C)CCC(C)C. The number of nitrogens with one attached hydrogen (secondary N) is 2. The first-order valence-electron chi connectivity index (χ1n) is 8.89. The molecule has 22 heavy (non-hydrogen) atoms. The van der Waals surface area contributed by atoms with Crippen molar-refractivity contribution in [2.75, 3.05) is 46.4 Å². The largest absolute Gasteiger partial charge is 0.379 e. The summed E-state index contributed by atoms with van der Waals surface area (Å²) in [6, 6.07) is 0.474. The first kappa shape index (κ1) is 19.2. The van der Waals surface area contributed by atoms with E-state index in [1.807, 2.05) is 7.05 Å². The van der Waals surface area contributed by atoms with Crippen LogP contribution in [0.5, 0.6) is 0 Å². The van der Waals surface area contributed by atoms with Gasteiger partial charge in [0.2, 0.25) is 0 Å². The van der Waals surface area contributed by atoms with E-state index >= 15 is 0 Å². The number of morpholine rings is 1. The van der Waals surface area contributed by atoms with Crippen LogP contribution in [-0.4, -0.2) is 63.3 Å². The Hall–Kier alpha value is -0.810. The van der Waals surface area contributed by atoms with Crippen LogP contribution >= 0.6 is 0 Å². The summed E-state index contributed by atoms with van der Waals surface area (Å²) in [6.45, 7) is 12.9. The lowest BCUT2D eigenvalue weighted by atomic mass is 10.0. The van der Waals surface area contributed by atoms with Gasteiger partial charge in [0.25, 0.3) is 0 Å². The predicted octanol–water partition coefficient (Wildman–Crippen LogP) is 2.09. The quantitative estimate of drug-likeness (QED) is 0.389. The number of hydrogen-bond donors (Lipinski definition) is 2. The first-order valence-corrected chi connectivity index (χ1v) is 8.89. The highest BCUT2D eigenvalue weighted by Gasteiger charge is 2.09. The molecule has 1 aliphatic rings. The van der Waals surface area contributed by atoms with Crippen molar-refractivity contribution in [2.24, 2.45) is 10.9 Å². The van der Waals surface area contributed by atoms with Gasteiger partial charge in [-0.25, -0.2) is 0 Å². The maximum absolute atomic E-state index is 5.37. The molecule has 1 unspecified atom stereocenters. The summed E-state index contributed by atoms with van der Waals surface area (Å²) in [5.74, 6) is 1.70. The Kier molecular flexibility index (Phi) is 10.2. The van der Waals surface area contributed by atoms with E-state index in [9.17, 15) is 0 Å². The molecule has 1 rings (SSSR count). The molecule has 1 aliphatic heterocycles. The zero-order valence-corrected chi connectivity index (χ0v) is 15.0. The van der Waals surface area contributed by atoms with Gasteiger partial charge in [0.1, 0.15) is 0 Å². The fourth-order valence-electron chi connectivity index (χ4n) is 2.58. The Labute approximate surface area is 136 Å².